The van der Waals surface area contributed by atoms with Gasteiger partial charge in [0.25, 0.3) is 5.91 Å². The van der Waals surface area contributed by atoms with Gasteiger partial charge in [-0.1, -0.05) is 31.1 Å². The third-order valence-electron chi connectivity index (χ3n) is 5.74. The van der Waals surface area contributed by atoms with E-state index in [1.54, 1.807) is 36.3 Å². The highest BCUT2D eigenvalue weighted by molar-refractivity contribution is 5.97. The molecule has 0 unspecified atom stereocenters. The number of ether oxygens (including phenoxy) is 2. The van der Waals surface area contributed by atoms with Gasteiger partial charge in [-0.25, -0.2) is 4.39 Å². The molecule has 4 rings (SSSR count). The van der Waals surface area contributed by atoms with Crippen LogP contribution in [-0.4, -0.2) is 55.9 Å². The van der Waals surface area contributed by atoms with Gasteiger partial charge in [-0.15, -0.1) is 0 Å². The van der Waals surface area contributed by atoms with Crippen molar-refractivity contribution in [3.63, 3.8) is 0 Å². The zero-order valence-electron chi connectivity index (χ0n) is 19.8. The highest BCUT2D eigenvalue weighted by Gasteiger charge is 2.28. The van der Waals surface area contributed by atoms with E-state index in [1.807, 2.05) is 12.1 Å². The normalized spacial score (nSPS) is 13.9. The Labute approximate surface area is 199 Å². The first-order chi connectivity index (χ1) is 16.5. The van der Waals surface area contributed by atoms with Gasteiger partial charge in [-0.05, 0) is 42.3 Å². The molecule has 1 amide bonds. The Morgan fingerprint density at radius 1 is 1.15 bits per heavy atom. The van der Waals surface area contributed by atoms with Gasteiger partial charge in [-0.3, -0.25) is 4.79 Å². The standard InChI is InChI=1S/C26H30FN3O4/c1-18(2)16-30(25(31)21-6-4-5-7-23(21)32-3)17-22-24(19-8-10-20(27)11-9-19)28-34-26(22)29-12-14-33-15-13-29/h4-11,18H,12-17H2,1-3H3. The van der Waals surface area contributed by atoms with E-state index in [0.29, 0.717) is 55.7 Å². The number of hydrogen-bond donors (Lipinski definition) is 0. The molecule has 180 valence electrons. The number of amides is 1. The number of para-hydroxylation sites is 1. The van der Waals surface area contributed by atoms with Crippen molar-refractivity contribution in [2.75, 3.05) is 44.9 Å². The van der Waals surface area contributed by atoms with Gasteiger partial charge in [0.15, 0.2) is 0 Å². The maximum absolute atomic E-state index is 13.7. The molecule has 0 aliphatic carbocycles. The lowest BCUT2D eigenvalue weighted by Crippen LogP contribution is -2.38. The van der Waals surface area contributed by atoms with Crippen molar-refractivity contribution >= 4 is 11.8 Å². The second kappa shape index (κ2) is 10.7. The Morgan fingerprint density at radius 2 is 1.85 bits per heavy atom. The number of halogens is 1. The maximum Gasteiger partial charge on any atom is 0.257 e. The number of carbonyl (C=O) groups is 1. The topological polar surface area (TPSA) is 68.0 Å². The summed E-state index contributed by atoms with van der Waals surface area (Å²) in [6, 6.07) is 13.4. The molecule has 2 aromatic carbocycles. The largest absolute Gasteiger partial charge is 0.496 e. The quantitative estimate of drug-likeness (QED) is 0.481. The number of methoxy groups -OCH3 is 1. The van der Waals surface area contributed by atoms with E-state index in [1.165, 1.54) is 12.1 Å². The Morgan fingerprint density at radius 3 is 2.53 bits per heavy atom. The van der Waals surface area contributed by atoms with Crippen molar-refractivity contribution in [2.24, 2.45) is 5.92 Å². The first-order valence-corrected chi connectivity index (χ1v) is 11.5. The van der Waals surface area contributed by atoms with Crippen molar-refractivity contribution in [2.45, 2.75) is 20.4 Å². The van der Waals surface area contributed by atoms with Crippen LogP contribution < -0.4 is 9.64 Å². The monoisotopic (exact) mass is 467 g/mol. The fourth-order valence-corrected chi connectivity index (χ4v) is 4.14. The van der Waals surface area contributed by atoms with Crippen molar-refractivity contribution in [1.82, 2.24) is 10.1 Å². The maximum atomic E-state index is 13.7. The fourth-order valence-electron chi connectivity index (χ4n) is 4.14. The van der Waals surface area contributed by atoms with Crippen LogP contribution in [0.2, 0.25) is 0 Å². The molecule has 1 aromatic heterocycles. The van der Waals surface area contributed by atoms with Gasteiger partial charge in [0.2, 0.25) is 5.88 Å². The zero-order chi connectivity index (χ0) is 24.1. The Bertz CT molecular complexity index is 1110. The summed E-state index contributed by atoms with van der Waals surface area (Å²) in [5.74, 6) is 0.919. The Kier molecular flexibility index (Phi) is 7.47. The van der Waals surface area contributed by atoms with Crippen LogP contribution in [0.15, 0.2) is 53.1 Å². The molecular weight excluding hydrogens is 437 g/mol. The average Bonchev–Trinajstić information content (AvgIpc) is 3.27. The third-order valence-corrected chi connectivity index (χ3v) is 5.74. The number of hydrogen-bond acceptors (Lipinski definition) is 6. The van der Waals surface area contributed by atoms with E-state index in [-0.39, 0.29) is 24.2 Å². The van der Waals surface area contributed by atoms with Crippen molar-refractivity contribution < 1.29 is 23.2 Å². The predicted molar refractivity (Wildman–Crippen MR) is 128 cm³/mol. The number of morpholine rings is 1. The van der Waals surface area contributed by atoms with Crippen LogP contribution in [0, 0.1) is 11.7 Å². The minimum atomic E-state index is -0.324. The zero-order valence-corrected chi connectivity index (χ0v) is 19.8. The van der Waals surface area contributed by atoms with Gasteiger partial charge in [-0.2, -0.15) is 0 Å². The molecule has 0 bridgehead atoms. The molecule has 0 saturated carbocycles. The molecule has 1 aliphatic rings. The minimum Gasteiger partial charge on any atom is -0.496 e. The van der Waals surface area contributed by atoms with Gasteiger partial charge >= 0.3 is 0 Å². The lowest BCUT2D eigenvalue weighted by molar-refractivity contribution is 0.0719. The molecule has 8 heteroatoms. The van der Waals surface area contributed by atoms with Gasteiger partial charge < -0.3 is 23.8 Å². The smallest absolute Gasteiger partial charge is 0.257 e. The SMILES string of the molecule is COc1ccccc1C(=O)N(Cc1c(-c2ccc(F)cc2)noc1N1CCOCC1)CC(C)C. The van der Waals surface area contributed by atoms with Gasteiger partial charge in [0, 0.05) is 25.2 Å². The molecule has 0 spiro atoms. The van der Waals surface area contributed by atoms with E-state index < -0.39 is 0 Å². The number of aromatic nitrogens is 1. The molecule has 1 saturated heterocycles. The molecule has 0 N–H and O–H groups in total. The van der Waals surface area contributed by atoms with Gasteiger partial charge in [0.1, 0.15) is 17.3 Å². The molecule has 2 heterocycles. The Balaban J connectivity index is 1.75. The van der Waals surface area contributed by atoms with Crippen LogP contribution in [0.25, 0.3) is 11.3 Å². The molecule has 3 aromatic rings. The number of nitrogens with zero attached hydrogens (tertiary/aromatic N) is 3. The summed E-state index contributed by atoms with van der Waals surface area (Å²) in [6.07, 6.45) is 0. The summed E-state index contributed by atoms with van der Waals surface area (Å²) < 4.78 is 30.3. The first-order valence-electron chi connectivity index (χ1n) is 11.5. The van der Waals surface area contributed by atoms with E-state index in [9.17, 15) is 9.18 Å². The predicted octanol–water partition coefficient (Wildman–Crippen LogP) is 4.62. The van der Waals surface area contributed by atoms with Crippen LogP contribution in [0.1, 0.15) is 29.8 Å². The summed E-state index contributed by atoms with van der Waals surface area (Å²) in [5, 5.41) is 4.35. The van der Waals surface area contributed by atoms with Crippen LogP contribution in [0.5, 0.6) is 5.75 Å². The second-order valence-electron chi connectivity index (χ2n) is 8.70. The van der Waals surface area contributed by atoms with Crippen LogP contribution in [0.4, 0.5) is 10.3 Å². The summed E-state index contributed by atoms with van der Waals surface area (Å²) in [6.45, 7) is 7.46. The van der Waals surface area contributed by atoms with Crippen molar-refractivity contribution in [3.05, 3.63) is 65.5 Å². The molecule has 34 heavy (non-hydrogen) atoms. The summed E-state index contributed by atoms with van der Waals surface area (Å²) in [7, 11) is 1.56. The van der Waals surface area contributed by atoms with E-state index in [0.717, 1.165) is 11.1 Å². The highest BCUT2D eigenvalue weighted by atomic mass is 19.1. The van der Waals surface area contributed by atoms with Gasteiger partial charge in [0.05, 0.1) is 38.0 Å². The molecule has 1 fully saturated rings. The van der Waals surface area contributed by atoms with Crippen LogP contribution in [0.3, 0.4) is 0 Å². The first kappa shape index (κ1) is 23.8. The lowest BCUT2D eigenvalue weighted by atomic mass is 10.0. The molecule has 7 nitrogen and oxygen atoms in total. The average molecular weight is 468 g/mol. The second-order valence-corrected chi connectivity index (χ2v) is 8.70. The Hall–Kier alpha value is -3.39. The molecule has 1 aliphatic heterocycles. The number of anilines is 1. The summed E-state index contributed by atoms with van der Waals surface area (Å²) in [4.78, 5) is 17.6. The molecule has 0 atom stereocenters. The van der Waals surface area contributed by atoms with E-state index in [4.69, 9.17) is 14.0 Å². The number of carbonyl (C=O) groups excluding carboxylic acids is 1. The van der Waals surface area contributed by atoms with E-state index in [2.05, 4.69) is 23.9 Å². The molecular formula is C26H30FN3O4. The number of rotatable bonds is 8. The minimum absolute atomic E-state index is 0.134. The summed E-state index contributed by atoms with van der Waals surface area (Å²) >= 11 is 0. The molecule has 0 radical (unpaired) electrons. The third kappa shape index (κ3) is 5.22. The van der Waals surface area contributed by atoms with E-state index >= 15 is 0 Å². The highest BCUT2D eigenvalue weighted by Crippen LogP contribution is 2.34. The number of benzene rings is 2. The van der Waals surface area contributed by atoms with Crippen molar-refractivity contribution in [3.8, 4) is 17.0 Å². The van der Waals surface area contributed by atoms with Crippen LogP contribution >= 0.6 is 0 Å². The lowest BCUT2D eigenvalue weighted by Gasteiger charge is -2.29. The van der Waals surface area contributed by atoms with Crippen molar-refractivity contribution in [1.29, 1.82) is 0 Å². The summed E-state index contributed by atoms with van der Waals surface area (Å²) in [5.41, 5.74) is 2.62. The fraction of sp³-hybridized carbons (Fsp3) is 0.385. The van der Waals surface area contributed by atoms with Crippen LogP contribution in [-0.2, 0) is 11.3 Å².